The number of sulfonamides is 1. The lowest BCUT2D eigenvalue weighted by Crippen LogP contribution is -2.34. The fraction of sp³-hybridized carbons (Fsp3) is 0.167. The molecule has 3 aromatic carbocycles. The molecule has 0 radical (unpaired) electrons. The molecule has 0 aliphatic rings. The van der Waals surface area contributed by atoms with E-state index in [0.29, 0.717) is 28.6 Å². The highest BCUT2D eigenvalue weighted by atomic mass is 32.2. The molecule has 3 N–H and O–H groups in total. The molecule has 0 heterocycles. The number of ether oxygens (including phenoxy) is 1. The Morgan fingerprint density at radius 3 is 2.00 bits per heavy atom. The number of carbonyl (C=O) groups is 1. The van der Waals surface area contributed by atoms with Crippen molar-refractivity contribution in [1.82, 2.24) is 5.32 Å². The highest BCUT2D eigenvalue weighted by molar-refractivity contribution is 7.92. The van der Waals surface area contributed by atoms with Gasteiger partial charge >= 0.3 is 0 Å². The summed E-state index contributed by atoms with van der Waals surface area (Å²) < 4.78 is 32.8. The van der Waals surface area contributed by atoms with Crippen molar-refractivity contribution in [3.8, 4) is 5.75 Å². The number of rotatable bonds is 7. The first kappa shape index (κ1) is 24.2. The average Bonchev–Trinajstić information content (AvgIpc) is 2.79. The van der Waals surface area contributed by atoms with E-state index in [1.165, 1.54) is 19.2 Å². The number of nitrogens with one attached hydrogen (secondary N) is 3. The van der Waals surface area contributed by atoms with E-state index >= 15 is 0 Å². The zero-order valence-corrected chi connectivity index (χ0v) is 20.1. The van der Waals surface area contributed by atoms with Crippen LogP contribution in [-0.2, 0) is 10.0 Å². The summed E-state index contributed by atoms with van der Waals surface area (Å²) in [5, 5.41) is 5.62. The van der Waals surface area contributed by atoms with Crippen molar-refractivity contribution in [1.29, 1.82) is 0 Å². The Balaban J connectivity index is 1.59. The Hall–Kier alpha value is -3.43. The summed E-state index contributed by atoms with van der Waals surface area (Å²) in [5.41, 5.74) is 2.60. The highest BCUT2D eigenvalue weighted by Crippen LogP contribution is 2.21. The van der Waals surface area contributed by atoms with Gasteiger partial charge in [0.1, 0.15) is 5.75 Å². The molecule has 7 nitrogen and oxygen atoms in total. The molecule has 0 aliphatic carbocycles. The zero-order chi connectivity index (χ0) is 24.0. The van der Waals surface area contributed by atoms with E-state index in [-0.39, 0.29) is 15.9 Å². The van der Waals surface area contributed by atoms with E-state index < -0.39 is 10.0 Å². The maximum absolute atomic E-state index is 12.6. The normalized spacial score (nSPS) is 11.0. The van der Waals surface area contributed by atoms with Gasteiger partial charge in [-0.3, -0.25) is 14.8 Å². The van der Waals surface area contributed by atoms with Gasteiger partial charge in [-0.05, 0) is 84.4 Å². The molecule has 172 valence electrons. The highest BCUT2D eigenvalue weighted by Gasteiger charge is 2.15. The largest absolute Gasteiger partial charge is 0.497 e. The van der Waals surface area contributed by atoms with Crippen LogP contribution in [0.25, 0.3) is 0 Å². The van der Waals surface area contributed by atoms with Gasteiger partial charge in [0.2, 0.25) is 0 Å². The third-order valence-corrected chi connectivity index (χ3v) is 6.43. The molecule has 33 heavy (non-hydrogen) atoms. The number of amides is 1. The quantitative estimate of drug-likeness (QED) is 0.420. The molecule has 0 aromatic heterocycles. The summed E-state index contributed by atoms with van der Waals surface area (Å²) in [5.74, 6) is 0.678. The molecule has 0 aliphatic heterocycles. The predicted molar refractivity (Wildman–Crippen MR) is 134 cm³/mol. The average molecular weight is 484 g/mol. The van der Waals surface area contributed by atoms with E-state index in [4.69, 9.17) is 17.0 Å². The van der Waals surface area contributed by atoms with E-state index in [2.05, 4.69) is 29.2 Å². The first-order valence-electron chi connectivity index (χ1n) is 10.2. The lowest BCUT2D eigenvalue weighted by Gasteiger charge is -2.12. The van der Waals surface area contributed by atoms with Crippen LogP contribution in [0.3, 0.4) is 0 Å². The van der Waals surface area contributed by atoms with Crippen molar-refractivity contribution in [3.63, 3.8) is 0 Å². The minimum absolute atomic E-state index is 0.0871. The minimum atomic E-state index is -3.76. The fourth-order valence-electron chi connectivity index (χ4n) is 2.95. The van der Waals surface area contributed by atoms with E-state index in [9.17, 15) is 13.2 Å². The molecule has 9 heteroatoms. The molecule has 0 spiro atoms. The van der Waals surface area contributed by atoms with E-state index in [0.717, 1.165) is 5.56 Å². The van der Waals surface area contributed by atoms with Crippen molar-refractivity contribution in [2.24, 2.45) is 0 Å². The van der Waals surface area contributed by atoms with Gasteiger partial charge in [-0.1, -0.05) is 26.0 Å². The van der Waals surface area contributed by atoms with Gasteiger partial charge in [0.25, 0.3) is 15.9 Å². The molecule has 0 atom stereocenters. The van der Waals surface area contributed by atoms with Crippen LogP contribution >= 0.6 is 12.2 Å². The van der Waals surface area contributed by atoms with Crippen LogP contribution < -0.4 is 20.1 Å². The smallest absolute Gasteiger partial charge is 0.261 e. The number of anilines is 2. The Labute approximate surface area is 199 Å². The second kappa shape index (κ2) is 10.5. The third-order valence-electron chi connectivity index (χ3n) is 4.83. The molecule has 1 amide bonds. The molecular weight excluding hydrogens is 458 g/mol. The summed E-state index contributed by atoms with van der Waals surface area (Å²) >= 11 is 5.21. The molecule has 3 aromatic rings. The van der Waals surface area contributed by atoms with E-state index in [1.54, 1.807) is 48.5 Å². The van der Waals surface area contributed by atoms with E-state index in [1.807, 2.05) is 12.1 Å². The Morgan fingerprint density at radius 1 is 0.879 bits per heavy atom. The van der Waals surface area contributed by atoms with Gasteiger partial charge in [0, 0.05) is 16.9 Å². The summed E-state index contributed by atoms with van der Waals surface area (Å²) in [6, 6.07) is 19.9. The van der Waals surface area contributed by atoms with Gasteiger partial charge in [-0.25, -0.2) is 8.42 Å². The zero-order valence-electron chi connectivity index (χ0n) is 18.5. The standard InChI is InChI=1S/C24H25N3O4S2/c1-16(2)17-4-6-18(7-5-17)23(28)26-24(32)25-19-10-14-22(15-11-19)33(29,30)27-20-8-12-21(31-3)13-9-20/h4-16,27H,1-3H3,(H2,25,26,28,32). The Morgan fingerprint density at radius 2 is 1.45 bits per heavy atom. The number of hydrogen-bond acceptors (Lipinski definition) is 5. The SMILES string of the molecule is COc1ccc(NS(=O)(=O)c2ccc(NC(=S)NC(=O)c3ccc(C(C)C)cc3)cc2)cc1. The predicted octanol–water partition coefficient (Wildman–Crippen LogP) is 4.75. The molecule has 0 fully saturated rings. The third kappa shape index (κ3) is 6.53. The molecule has 0 saturated carbocycles. The van der Waals surface area contributed by atoms with Crippen molar-refractivity contribution in [2.45, 2.75) is 24.7 Å². The Kier molecular flexibility index (Phi) is 7.67. The summed E-state index contributed by atoms with van der Waals surface area (Å²) in [7, 11) is -2.23. The minimum Gasteiger partial charge on any atom is -0.497 e. The van der Waals surface area contributed by atoms with Crippen molar-refractivity contribution in [2.75, 3.05) is 17.1 Å². The molecule has 0 unspecified atom stereocenters. The van der Waals surface area contributed by atoms with Crippen LogP contribution in [0.4, 0.5) is 11.4 Å². The monoisotopic (exact) mass is 483 g/mol. The number of thiocarbonyl (C=S) groups is 1. The summed E-state index contributed by atoms with van der Waals surface area (Å²) in [6.07, 6.45) is 0. The molecule has 0 bridgehead atoms. The maximum atomic E-state index is 12.6. The van der Waals surface area contributed by atoms with Crippen LogP contribution in [-0.4, -0.2) is 26.5 Å². The first-order chi connectivity index (χ1) is 15.7. The second-order valence-corrected chi connectivity index (χ2v) is 9.63. The first-order valence-corrected chi connectivity index (χ1v) is 12.1. The van der Waals surface area contributed by atoms with Crippen LogP contribution in [0.1, 0.15) is 35.7 Å². The molecule has 0 saturated heterocycles. The Bertz CT molecular complexity index is 1220. The van der Waals surface area contributed by atoms with Crippen LogP contribution in [0.2, 0.25) is 0 Å². The summed E-state index contributed by atoms with van der Waals surface area (Å²) in [4.78, 5) is 12.5. The van der Waals surface area contributed by atoms with Crippen LogP contribution in [0.5, 0.6) is 5.75 Å². The van der Waals surface area contributed by atoms with Gasteiger partial charge in [-0.15, -0.1) is 0 Å². The van der Waals surface area contributed by atoms with Crippen molar-refractivity contribution < 1.29 is 17.9 Å². The van der Waals surface area contributed by atoms with Gasteiger partial charge in [-0.2, -0.15) is 0 Å². The lowest BCUT2D eigenvalue weighted by atomic mass is 10.0. The van der Waals surface area contributed by atoms with Crippen molar-refractivity contribution in [3.05, 3.63) is 83.9 Å². The van der Waals surface area contributed by atoms with Gasteiger partial charge in [0.15, 0.2) is 5.11 Å². The number of methoxy groups -OCH3 is 1. The molecular formula is C24H25N3O4S2. The molecule has 3 rings (SSSR count). The number of carbonyl (C=O) groups excluding carboxylic acids is 1. The number of hydrogen-bond donors (Lipinski definition) is 3. The maximum Gasteiger partial charge on any atom is 0.261 e. The second-order valence-electron chi connectivity index (χ2n) is 7.54. The fourth-order valence-corrected chi connectivity index (χ4v) is 4.22. The van der Waals surface area contributed by atoms with Gasteiger partial charge < -0.3 is 10.1 Å². The topological polar surface area (TPSA) is 96.5 Å². The summed E-state index contributed by atoms with van der Waals surface area (Å²) in [6.45, 7) is 4.17. The lowest BCUT2D eigenvalue weighted by molar-refractivity contribution is 0.0977. The number of benzene rings is 3. The van der Waals surface area contributed by atoms with Crippen LogP contribution in [0, 0.1) is 0 Å². The van der Waals surface area contributed by atoms with Crippen molar-refractivity contribution >= 4 is 44.6 Å². The van der Waals surface area contributed by atoms with Gasteiger partial charge in [0.05, 0.1) is 12.0 Å². The van der Waals surface area contributed by atoms with Crippen LogP contribution in [0.15, 0.2) is 77.7 Å².